The summed E-state index contributed by atoms with van der Waals surface area (Å²) in [5.41, 5.74) is 7.50. The number of primary amides is 1. The molecule has 0 aliphatic carbocycles. The summed E-state index contributed by atoms with van der Waals surface area (Å²) in [4.78, 5) is 30.6. The summed E-state index contributed by atoms with van der Waals surface area (Å²) in [6.07, 6.45) is 1.59. The summed E-state index contributed by atoms with van der Waals surface area (Å²) in [5, 5.41) is 1.73. The number of carbonyl (C=O) groups is 2. The van der Waals surface area contributed by atoms with Crippen LogP contribution in [-0.2, 0) is 9.59 Å². The van der Waals surface area contributed by atoms with Crippen molar-refractivity contribution in [1.82, 2.24) is 9.88 Å². The first-order valence-electron chi connectivity index (χ1n) is 8.57. The molecule has 2 N–H and O–H groups in total. The maximum absolute atomic E-state index is 12.7. The van der Waals surface area contributed by atoms with Crippen LogP contribution in [0.2, 0.25) is 0 Å². The van der Waals surface area contributed by atoms with Gasteiger partial charge in [-0.05, 0) is 44.4 Å². The Bertz CT molecular complexity index is 808. The van der Waals surface area contributed by atoms with Crippen LogP contribution < -0.4 is 5.73 Å². The van der Waals surface area contributed by atoms with Gasteiger partial charge in [-0.1, -0.05) is 30.0 Å². The van der Waals surface area contributed by atoms with Crippen molar-refractivity contribution in [3.05, 3.63) is 35.9 Å². The fourth-order valence-corrected chi connectivity index (χ4v) is 4.29. The Kier molecular flexibility index (Phi) is 5.27. The van der Waals surface area contributed by atoms with Crippen LogP contribution in [0.5, 0.6) is 0 Å². The smallest absolute Gasteiger partial charge is 0.235 e. The molecule has 1 aromatic carbocycles. The number of likely N-dealkylation sites (tertiary alicyclic amines) is 1. The molecule has 2 atom stereocenters. The molecule has 0 radical (unpaired) electrons. The number of amides is 2. The van der Waals surface area contributed by atoms with E-state index in [-0.39, 0.29) is 23.0 Å². The molecule has 6 heteroatoms. The molecule has 3 rings (SSSR count). The van der Waals surface area contributed by atoms with Crippen LogP contribution in [-0.4, -0.2) is 40.0 Å². The van der Waals surface area contributed by atoms with E-state index in [1.807, 2.05) is 31.2 Å². The number of rotatable bonds is 4. The fraction of sp³-hybridized carbons (Fsp3) is 0.421. The topological polar surface area (TPSA) is 76.3 Å². The predicted molar refractivity (Wildman–Crippen MR) is 100 cm³/mol. The number of benzene rings is 1. The number of aromatic nitrogens is 1. The quantitative estimate of drug-likeness (QED) is 0.854. The van der Waals surface area contributed by atoms with E-state index in [4.69, 9.17) is 5.73 Å². The van der Waals surface area contributed by atoms with Crippen LogP contribution in [0.1, 0.15) is 25.3 Å². The third-order valence-corrected chi connectivity index (χ3v) is 5.69. The van der Waals surface area contributed by atoms with Crippen LogP contribution in [0.15, 0.2) is 35.4 Å². The highest BCUT2D eigenvalue weighted by atomic mass is 32.2. The zero-order valence-electron chi connectivity index (χ0n) is 14.6. The summed E-state index contributed by atoms with van der Waals surface area (Å²) < 4.78 is 0. The minimum Gasteiger partial charge on any atom is -0.369 e. The van der Waals surface area contributed by atoms with Crippen LogP contribution in [0.3, 0.4) is 0 Å². The van der Waals surface area contributed by atoms with Crippen molar-refractivity contribution in [1.29, 1.82) is 0 Å². The third-order valence-electron chi connectivity index (χ3n) is 4.68. The van der Waals surface area contributed by atoms with E-state index in [1.54, 1.807) is 4.90 Å². The summed E-state index contributed by atoms with van der Waals surface area (Å²) in [6.45, 7) is 5.08. The lowest BCUT2D eigenvalue weighted by Crippen LogP contribution is -2.46. The second-order valence-corrected chi connectivity index (χ2v) is 7.94. The highest BCUT2D eigenvalue weighted by Gasteiger charge is 2.29. The lowest BCUT2D eigenvalue weighted by Gasteiger charge is -2.32. The number of nitrogens with zero attached hydrogens (tertiary/aromatic N) is 2. The van der Waals surface area contributed by atoms with E-state index >= 15 is 0 Å². The van der Waals surface area contributed by atoms with Crippen LogP contribution in [0.25, 0.3) is 10.9 Å². The van der Waals surface area contributed by atoms with Gasteiger partial charge in [0.25, 0.3) is 0 Å². The number of thioether (sulfide) groups is 1. The van der Waals surface area contributed by atoms with E-state index in [0.717, 1.165) is 34.3 Å². The first-order valence-corrected chi connectivity index (χ1v) is 9.45. The lowest BCUT2D eigenvalue weighted by atomic mass is 9.97. The minimum atomic E-state index is -0.315. The number of carbonyl (C=O) groups excluding carboxylic acids is 2. The van der Waals surface area contributed by atoms with Gasteiger partial charge in [0.15, 0.2) is 0 Å². The molecule has 1 aliphatic heterocycles. The molecule has 25 heavy (non-hydrogen) atoms. The van der Waals surface area contributed by atoms with E-state index < -0.39 is 0 Å². The Labute approximate surface area is 152 Å². The Morgan fingerprint density at radius 1 is 1.36 bits per heavy atom. The highest BCUT2D eigenvalue weighted by molar-refractivity contribution is 8.00. The van der Waals surface area contributed by atoms with Crippen molar-refractivity contribution in [2.45, 2.75) is 37.0 Å². The SMILES string of the molecule is Cc1cc(SC(C)C(=O)N2CCCC(C(N)=O)C2)nc2ccccc12. The normalized spacial score (nSPS) is 19.0. The summed E-state index contributed by atoms with van der Waals surface area (Å²) in [7, 11) is 0. The molecule has 0 spiro atoms. The molecule has 0 saturated carbocycles. The largest absolute Gasteiger partial charge is 0.369 e. The number of hydrogen-bond acceptors (Lipinski definition) is 4. The average molecular weight is 357 g/mol. The summed E-state index contributed by atoms with van der Waals surface area (Å²) in [5.74, 6) is -0.496. The van der Waals surface area contributed by atoms with Gasteiger partial charge in [0.05, 0.1) is 21.7 Å². The number of hydrogen-bond donors (Lipinski definition) is 1. The maximum Gasteiger partial charge on any atom is 0.235 e. The Morgan fingerprint density at radius 3 is 2.88 bits per heavy atom. The molecule has 1 aliphatic rings. The lowest BCUT2D eigenvalue weighted by molar-refractivity contribution is -0.134. The number of fused-ring (bicyclic) bond motifs is 1. The standard InChI is InChI=1S/C19H23N3O2S/c1-12-10-17(21-16-8-4-3-7-15(12)16)25-13(2)19(24)22-9-5-6-14(11-22)18(20)23/h3-4,7-8,10,13-14H,5-6,9,11H2,1-2H3,(H2,20,23). The van der Waals surface area contributed by atoms with Crippen molar-refractivity contribution >= 4 is 34.5 Å². The van der Waals surface area contributed by atoms with Crippen molar-refractivity contribution in [3.8, 4) is 0 Å². The second-order valence-electron chi connectivity index (χ2n) is 6.58. The monoisotopic (exact) mass is 357 g/mol. The van der Waals surface area contributed by atoms with Gasteiger partial charge in [-0.3, -0.25) is 9.59 Å². The van der Waals surface area contributed by atoms with Crippen LogP contribution in [0.4, 0.5) is 0 Å². The molecular formula is C19H23N3O2S. The van der Waals surface area contributed by atoms with E-state index in [0.29, 0.717) is 13.1 Å². The van der Waals surface area contributed by atoms with Gasteiger partial charge >= 0.3 is 0 Å². The molecule has 0 bridgehead atoms. The van der Waals surface area contributed by atoms with Gasteiger partial charge in [-0.15, -0.1) is 0 Å². The number of para-hydroxylation sites is 1. The number of piperidine rings is 1. The molecule has 2 unspecified atom stereocenters. The molecule has 2 amide bonds. The van der Waals surface area contributed by atoms with Gasteiger partial charge in [-0.2, -0.15) is 0 Å². The van der Waals surface area contributed by atoms with E-state index in [9.17, 15) is 9.59 Å². The molecule has 132 valence electrons. The number of pyridine rings is 1. The van der Waals surface area contributed by atoms with Gasteiger partial charge in [-0.25, -0.2) is 4.98 Å². The Hall–Kier alpha value is -2.08. The fourth-order valence-electron chi connectivity index (χ4n) is 3.28. The van der Waals surface area contributed by atoms with Gasteiger partial charge in [0.2, 0.25) is 11.8 Å². The minimum absolute atomic E-state index is 0.0450. The zero-order chi connectivity index (χ0) is 18.0. The second kappa shape index (κ2) is 7.44. The van der Waals surface area contributed by atoms with E-state index in [1.165, 1.54) is 11.8 Å². The third kappa shape index (κ3) is 3.95. The van der Waals surface area contributed by atoms with Crippen molar-refractivity contribution in [2.75, 3.05) is 13.1 Å². The van der Waals surface area contributed by atoms with Gasteiger partial charge in [0, 0.05) is 18.5 Å². The molecule has 5 nitrogen and oxygen atoms in total. The Balaban J connectivity index is 1.72. The highest BCUT2D eigenvalue weighted by Crippen LogP contribution is 2.28. The van der Waals surface area contributed by atoms with Gasteiger partial charge in [0.1, 0.15) is 0 Å². The van der Waals surface area contributed by atoms with Crippen molar-refractivity contribution in [3.63, 3.8) is 0 Å². The zero-order valence-corrected chi connectivity index (χ0v) is 15.4. The summed E-state index contributed by atoms with van der Waals surface area (Å²) >= 11 is 1.47. The summed E-state index contributed by atoms with van der Waals surface area (Å²) in [6, 6.07) is 10.0. The predicted octanol–water partition coefficient (Wildman–Crippen LogP) is 2.75. The molecule has 1 aromatic heterocycles. The first kappa shape index (κ1) is 17.7. The van der Waals surface area contributed by atoms with E-state index in [2.05, 4.69) is 18.0 Å². The first-order chi connectivity index (χ1) is 12.0. The molecule has 2 aromatic rings. The number of aryl methyl sites for hydroxylation is 1. The molecular weight excluding hydrogens is 334 g/mol. The van der Waals surface area contributed by atoms with Crippen LogP contribution in [0, 0.1) is 12.8 Å². The Morgan fingerprint density at radius 2 is 2.12 bits per heavy atom. The average Bonchev–Trinajstić information content (AvgIpc) is 2.61. The molecule has 1 fully saturated rings. The van der Waals surface area contributed by atoms with Crippen molar-refractivity contribution in [2.24, 2.45) is 11.7 Å². The molecule has 2 heterocycles. The number of nitrogens with two attached hydrogens (primary N) is 1. The van der Waals surface area contributed by atoms with Crippen LogP contribution >= 0.6 is 11.8 Å². The van der Waals surface area contributed by atoms with Crippen molar-refractivity contribution < 1.29 is 9.59 Å². The maximum atomic E-state index is 12.7. The molecule has 1 saturated heterocycles. The van der Waals surface area contributed by atoms with Gasteiger partial charge < -0.3 is 10.6 Å².